The first kappa shape index (κ1) is 14.1. The average molecular weight is 295 g/mol. The van der Waals surface area contributed by atoms with E-state index in [1.807, 2.05) is 18.2 Å². The monoisotopic (exact) mass is 294 g/mol. The number of nitrogens with zero attached hydrogens (tertiary/aromatic N) is 2. The summed E-state index contributed by atoms with van der Waals surface area (Å²) in [7, 11) is 2.10. The average Bonchev–Trinajstić information content (AvgIpc) is 2.27. The predicted octanol–water partition coefficient (Wildman–Crippen LogP) is 4.19. The molecule has 1 atom stereocenters. The summed E-state index contributed by atoms with van der Waals surface area (Å²) in [6.07, 6.45) is 1.16. The van der Waals surface area contributed by atoms with Crippen LogP contribution in [0.1, 0.15) is 32.8 Å². The minimum absolute atomic E-state index is 0.495. The maximum atomic E-state index is 8.88. The highest BCUT2D eigenvalue weighted by molar-refractivity contribution is 9.10. The molecule has 0 aliphatic rings. The standard InChI is InChI=1S/C14H19BrN2/c1-10(2)7-11(3)17(4)13-6-5-12(9-16)14(15)8-13/h5-6,8,10-11H,7H2,1-4H3. The maximum absolute atomic E-state index is 8.88. The summed E-state index contributed by atoms with van der Waals surface area (Å²) in [5, 5.41) is 8.88. The van der Waals surface area contributed by atoms with Gasteiger partial charge >= 0.3 is 0 Å². The van der Waals surface area contributed by atoms with E-state index in [0.717, 1.165) is 16.6 Å². The summed E-state index contributed by atoms with van der Waals surface area (Å²) in [5.74, 6) is 0.689. The normalized spacial score (nSPS) is 12.3. The van der Waals surface area contributed by atoms with E-state index in [0.29, 0.717) is 17.5 Å². The lowest BCUT2D eigenvalue weighted by atomic mass is 10.0. The first-order valence-electron chi connectivity index (χ1n) is 5.88. The fourth-order valence-corrected chi connectivity index (χ4v) is 2.36. The zero-order valence-corrected chi connectivity index (χ0v) is 12.5. The molecule has 0 bridgehead atoms. The number of rotatable bonds is 4. The summed E-state index contributed by atoms with van der Waals surface area (Å²) in [6, 6.07) is 8.52. The molecule has 0 heterocycles. The second-order valence-electron chi connectivity index (χ2n) is 4.87. The minimum Gasteiger partial charge on any atom is -0.372 e. The highest BCUT2D eigenvalue weighted by Gasteiger charge is 2.12. The van der Waals surface area contributed by atoms with Crippen LogP contribution in [0.5, 0.6) is 0 Å². The maximum Gasteiger partial charge on any atom is 0.100 e. The van der Waals surface area contributed by atoms with E-state index in [9.17, 15) is 0 Å². The molecule has 92 valence electrons. The molecule has 0 spiro atoms. The van der Waals surface area contributed by atoms with Gasteiger partial charge in [-0.2, -0.15) is 5.26 Å². The molecule has 1 aromatic rings. The Morgan fingerprint density at radius 1 is 1.35 bits per heavy atom. The Bertz CT molecular complexity index is 421. The summed E-state index contributed by atoms with van der Waals surface area (Å²) in [4.78, 5) is 2.26. The van der Waals surface area contributed by atoms with Crippen LogP contribution >= 0.6 is 15.9 Å². The van der Waals surface area contributed by atoms with Crippen LogP contribution < -0.4 is 4.90 Å². The molecule has 0 saturated carbocycles. The van der Waals surface area contributed by atoms with Crippen molar-refractivity contribution in [1.82, 2.24) is 0 Å². The van der Waals surface area contributed by atoms with Gasteiger partial charge < -0.3 is 4.90 Å². The first-order chi connectivity index (χ1) is 7.95. The number of anilines is 1. The van der Waals surface area contributed by atoms with Gasteiger partial charge in [-0.15, -0.1) is 0 Å². The van der Waals surface area contributed by atoms with Crippen molar-refractivity contribution in [2.45, 2.75) is 33.2 Å². The quantitative estimate of drug-likeness (QED) is 0.832. The third kappa shape index (κ3) is 3.74. The smallest absolute Gasteiger partial charge is 0.100 e. The molecule has 0 aliphatic heterocycles. The molecule has 3 heteroatoms. The lowest BCUT2D eigenvalue weighted by Gasteiger charge is -2.28. The minimum atomic E-state index is 0.495. The fourth-order valence-electron chi connectivity index (χ4n) is 1.91. The van der Waals surface area contributed by atoms with Gasteiger partial charge in [-0.25, -0.2) is 0 Å². The summed E-state index contributed by atoms with van der Waals surface area (Å²) < 4.78 is 0.862. The van der Waals surface area contributed by atoms with Gasteiger partial charge in [-0.3, -0.25) is 0 Å². The van der Waals surface area contributed by atoms with Crippen LogP contribution in [0, 0.1) is 17.2 Å². The molecule has 0 aromatic heterocycles. The van der Waals surface area contributed by atoms with Gasteiger partial charge in [0.25, 0.3) is 0 Å². The zero-order valence-electron chi connectivity index (χ0n) is 10.9. The van der Waals surface area contributed by atoms with Crippen LogP contribution in [0.25, 0.3) is 0 Å². The van der Waals surface area contributed by atoms with Gasteiger partial charge in [0.1, 0.15) is 6.07 Å². The van der Waals surface area contributed by atoms with Crippen molar-refractivity contribution >= 4 is 21.6 Å². The number of halogens is 1. The molecule has 0 saturated heterocycles. The zero-order chi connectivity index (χ0) is 13.0. The molecule has 0 aliphatic carbocycles. The van der Waals surface area contributed by atoms with E-state index < -0.39 is 0 Å². The van der Waals surface area contributed by atoms with Gasteiger partial charge in [0, 0.05) is 23.2 Å². The van der Waals surface area contributed by atoms with Crippen LogP contribution in [-0.2, 0) is 0 Å². The fraction of sp³-hybridized carbons (Fsp3) is 0.500. The summed E-state index contributed by atoms with van der Waals surface area (Å²) >= 11 is 3.43. The lowest BCUT2D eigenvalue weighted by Crippen LogP contribution is -2.29. The molecule has 0 radical (unpaired) electrons. The van der Waals surface area contributed by atoms with Crippen LogP contribution in [0.4, 0.5) is 5.69 Å². The Morgan fingerprint density at radius 3 is 2.47 bits per heavy atom. The van der Waals surface area contributed by atoms with Crippen molar-refractivity contribution in [2.75, 3.05) is 11.9 Å². The molecule has 0 fully saturated rings. The first-order valence-corrected chi connectivity index (χ1v) is 6.67. The van der Waals surface area contributed by atoms with Crippen molar-refractivity contribution in [3.8, 4) is 6.07 Å². The summed E-state index contributed by atoms with van der Waals surface area (Å²) in [6.45, 7) is 6.70. The van der Waals surface area contributed by atoms with E-state index >= 15 is 0 Å². The Hall–Kier alpha value is -1.01. The van der Waals surface area contributed by atoms with Crippen LogP contribution in [0.2, 0.25) is 0 Å². The van der Waals surface area contributed by atoms with Crippen molar-refractivity contribution in [3.63, 3.8) is 0 Å². The molecular formula is C14H19BrN2. The second-order valence-corrected chi connectivity index (χ2v) is 5.72. The molecule has 0 amide bonds. The van der Waals surface area contributed by atoms with Gasteiger partial charge in [0.2, 0.25) is 0 Å². The van der Waals surface area contributed by atoms with E-state index in [-0.39, 0.29) is 0 Å². The highest BCUT2D eigenvalue weighted by Crippen LogP contribution is 2.25. The third-order valence-electron chi connectivity index (χ3n) is 2.95. The van der Waals surface area contributed by atoms with Gasteiger partial charge in [-0.05, 0) is 53.4 Å². The number of hydrogen-bond donors (Lipinski definition) is 0. The lowest BCUT2D eigenvalue weighted by molar-refractivity contribution is 0.504. The van der Waals surface area contributed by atoms with Gasteiger partial charge in [0.15, 0.2) is 0 Å². The molecule has 1 aromatic carbocycles. The SMILES string of the molecule is CC(C)CC(C)N(C)c1ccc(C#N)c(Br)c1. The number of hydrogen-bond acceptors (Lipinski definition) is 2. The van der Waals surface area contributed by atoms with Crippen molar-refractivity contribution in [1.29, 1.82) is 5.26 Å². The molecule has 17 heavy (non-hydrogen) atoms. The Balaban J connectivity index is 2.86. The summed E-state index contributed by atoms with van der Waals surface area (Å²) in [5.41, 5.74) is 1.82. The van der Waals surface area contributed by atoms with Crippen molar-refractivity contribution < 1.29 is 0 Å². The molecular weight excluding hydrogens is 276 g/mol. The number of nitriles is 1. The van der Waals surface area contributed by atoms with E-state index in [1.165, 1.54) is 0 Å². The van der Waals surface area contributed by atoms with Gasteiger partial charge in [0.05, 0.1) is 5.56 Å². The molecule has 1 unspecified atom stereocenters. The Morgan fingerprint density at radius 2 is 2.00 bits per heavy atom. The predicted molar refractivity (Wildman–Crippen MR) is 76.2 cm³/mol. The van der Waals surface area contributed by atoms with Crippen molar-refractivity contribution in [3.05, 3.63) is 28.2 Å². The van der Waals surface area contributed by atoms with Crippen LogP contribution in [0.15, 0.2) is 22.7 Å². The van der Waals surface area contributed by atoms with Gasteiger partial charge in [-0.1, -0.05) is 13.8 Å². The molecule has 2 nitrogen and oxygen atoms in total. The van der Waals surface area contributed by atoms with Crippen molar-refractivity contribution in [2.24, 2.45) is 5.92 Å². The molecule has 1 rings (SSSR count). The topological polar surface area (TPSA) is 27.0 Å². The third-order valence-corrected chi connectivity index (χ3v) is 3.61. The second kappa shape index (κ2) is 6.07. The van der Waals surface area contributed by atoms with E-state index in [4.69, 9.17) is 5.26 Å². The van der Waals surface area contributed by atoms with E-state index in [1.54, 1.807) is 0 Å². The highest BCUT2D eigenvalue weighted by atomic mass is 79.9. The molecule has 0 N–H and O–H groups in total. The van der Waals surface area contributed by atoms with E-state index in [2.05, 4.69) is 54.7 Å². The Kier molecular flexibility index (Phi) is 5.02. The largest absolute Gasteiger partial charge is 0.372 e. The number of benzene rings is 1. The van der Waals surface area contributed by atoms with Crippen LogP contribution in [-0.4, -0.2) is 13.1 Å². The van der Waals surface area contributed by atoms with Crippen LogP contribution in [0.3, 0.4) is 0 Å². The Labute approximate surface area is 112 Å².